The fourth-order valence-electron chi connectivity index (χ4n) is 2.03. The van der Waals surface area contributed by atoms with Crippen molar-refractivity contribution in [3.8, 4) is 5.75 Å². The molecule has 1 aromatic rings. The van der Waals surface area contributed by atoms with Crippen LogP contribution in [0.5, 0.6) is 5.75 Å². The molecule has 0 atom stereocenters. The van der Waals surface area contributed by atoms with E-state index in [1.165, 1.54) is 18.2 Å². The number of anilines is 1. The van der Waals surface area contributed by atoms with Gasteiger partial charge in [0.05, 0.1) is 10.6 Å². The van der Waals surface area contributed by atoms with Gasteiger partial charge in [0.2, 0.25) is 10.0 Å². The van der Waals surface area contributed by atoms with E-state index in [9.17, 15) is 13.5 Å². The minimum absolute atomic E-state index is 0.0232. The van der Waals surface area contributed by atoms with Gasteiger partial charge in [-0.25, -0.2) is 13.1 Å². The Hall–Kier alpha value is -1.27. The fraction of sp³-hybridized carbons (Fsp3) is 0.455. The van der Waals surface area contributed by atoms with Crippen molar-refractivity contribution >= 4 is 15.7 Å². The van der Waals surface area contributed by atoms with Crippen LogP contribution in [0, 0.1) is 0 Å². The van der Waals surface area contributed by atoms with Gasteiger partial charge in [0.25, 0.3) is 0 Å². The molecule has 0 unspecified atom stereocenters. The first kappa shape index (κ1) is 12.2. The van der Waals surface area contributed by atoms with Crippen LogP contribution in [0.25, 0.3) is 0 Å². The van der Waals surface area contributed by atoms with Gasteiger partial charge < -0.3 is 10.8 Å². The van der Waals surface area contributed by atoms with Crippen molar-refractivity contribution < 1.29 is 13.5 Å². The SMILES string of the molecule is Nc1cc(S(=O)(=O)NC2CCCC2)ccc1O. The maximum atomic E-state index is 12.0. The van der Waals surface area contributed by atoms with E-state index in [1.807, 2.05) is 0 Å². The Morgan fingerprint density at radius 2 is 1.94 bits per heavy atom. The molecule has 4 N–H and O–H groups in total. The molecule has 1 aliphatic rings. The van der Waals surface area contributed by atoms with Crippen LogP contribution >= 0.6 is 0 Å². The summed E-state index contributed by atoms with van der Waals surface area (Å²) in [4.78, 5) is 0.0969. The lowest BCUT2D eigenvalue weighted by Crippen LogP contribution is -2.32. The van der Waals surface area contributed by atoms with Crippen LogP contribution in [0.2, 0.25) is 0 Å². The van der Waals surface area contributed by atoms with Gasteiger partial charge in [-0.05, 0) is 31.0 Å². The average molecular weight is 256 g/mol. The second-order valence-corrected chi connectivity index (χ2v) is 6.04. The van der Waals surface area contributed by atoms with E-state index in [0.29, 0.717) is 0 Å². The van der Waals surface area contributed by atoms with E-state index in [0.717, 1.165) is 25.7 Å². The van der Waals surface area contributed by atoms with E-state index in [-0.39, 0.29) is 22.4 Å². The van der Waals surface area contributed by atoms with Crippen LogP contribution in [0.15, 0.2) is 23.1 Å². The Morgan fingerprint density at radius 3 is 2.53 bits per heavy atom. The summed E-state index contributed by atoms with van der Waals surface area (Å²) in [5.41, 5.74) is 5.55. The van der Waals surface area contributed by atoms with Crippen molar-refractivity contribution in [2.45, 2.75) is 36.6 Å². The van der Waals surface area contributed by atoms with Crippen LogP contribution in [-0.2, 0) is 10.0 Å². The molecule has 1 aliphatic carbocycles. The second kappa shape index (κ2) is 4.54. The average Bonchev–Trinajstić information content (AvgIpc) is 2.73. The molecule has 0 bridgehead atoms. The molecular weight excluding hydrogens is 240 g/mol. The molecule has 0 spiro atoms. The van der Waals surface area contributed by atoms with Crippen molar-refractivity contribution in [1.29, 1.82) is 0 Å². The Kier molecular flexibility index (Phi) is 3.26. The molecule has 0 saturated heterocycles. The molecule has 0 heterocycles. The molecule has 2 rings (SSSR count). The van der Waals surface area contributed by atoms with E-state index in [2.05, 4.69) is 4.72 Å². The number of sulfonamides is 1. The zero-order chi connectivity index (χ0) is 12.5. The molecule has 0 aliphatic heterocycles. The Bertz CT molecular complexity index is 507. The number of hydrogen-bond donors (Lipinski definition) is 3. The number of hydrogen-bond acceptors (Lipinski definition) is 4. The number of rotatable bonds is 3. The maximum Gasteiger partial charge on any atom is 0.240 e. The topological polar surface area (TPSA) is 92.4 Å². The molecule has 0 amide bonds. The molecule has 6 heteroatoms. The van der Waals surface area contributed by atoms with Gasteiger partial charge in [-0.15, -0.1) is 0 Å². The molecule has 1 fully saturated rings. The standard InChI is InChI=1S/C11H16N2O3S/c12-10-7-9(5-6-11(10)14)17(15,16)13-8-3-1-2-4-8/h5-8,13-14H,1-4,12H2. The fourth-order valence-corrected chi connectivity index (χ4v) is 3.37. The van der Waals surface area contributed by atoms with E-state index in [4.69, 9.17) is 5.73 Å². The summed E-state index contributed by atoms with van der Waals surface area (Å²) in [5.74, 6) is -0.107. The summed E-state index contributed by atoms with van der Waals surface area (Å²) < 4.78 is 26.7. The molecule has 1 saturated carbocycles. The van der Waals surface area contributed by atoms with Crippen molar-refractivity contribution in [3.05, 3.63) is 18.2 Å². The number of nitrogen functional groups attached to an aromatic ring is 1. The highest BCUT2D eigenvalue weighted by atomic mass is 32.2. The third-order valence-electron chi connectivity index (χ3n) is 2.99. The van der Waals surface area contributed by atoms with Gasteiger partial charge in [-0.1, -0.05) is 12.8 Å². The van der Waals surface area contributed by atoms with Crippen molar-refractivity contribution in [2.75, 3.05) is 5.73 Å². The zero-order valence-electron chi connectivity index (χ0n) is 9.39. The molecule has 0 aromatic heterocycles. The predicted octanol–water partition coefficient (Wildman–Crippen LogP) is 1.20. The normalized spacial score (nSPS) is 17.4. The number of phenolic OH excluding ortho intramolecular Hbond substituents is 1. The van der Waals surface area contributed by atoms with Crippen molar-refractivity contribution in [3.63, 3.8) is 0 Å². The first-order valence-corrected chi connectivity index (χ1v) is 7.08. The number of aromatic hydroxyl groups is 1. The quantitative estimate of drug-likeness (QED) is 0.559. The molecule has 1 aromatic carbocycles. The summed E-state index contributed by atoms with van der Waals surface area (Å²) in [6, 6.07) is 3.93. The molecule has 94 valence electrons. The van der Waals surface area contributed by atoms with Gasteiger partial charge in [0.1, 0.15) is 5.75 Å². The summed E-state index contributed by atoms with van der Waals surface area (Å²) in [6.45, 7) is 0. The first-order valence-electron chi connectivity index (χ1n) is 5.60. The summed E-state index contributed by atoms with van der Waals surface area (Å²) in [6.07, 6.45) is 3.88. The number of nitrogens with one attached hydrogen (secondary N) is 1. The number of nitrogens with two attached hydrogens (primary N) is 1. The smallest absolute Gasteiger partial charge is 0.240 e. The van der Waals surface area contributed by atoms with Crippen LogP contribution in [0.1, 0.15) is 25.7 Å². The number of phenols is 1. The second-order valence-electron chi connectivity index (χ2n) is 4.32. The Balaban J connectivity index is 2.21. The van der Waals surface area contributed by atoms with E-state index < -0.39 is 10.0 Å². The van der Waals surface area contributed by atoms with Gasteiger partial charge in [-0.2, -0.15) is 0 Å². The zero-order valence-corrected chi connectivity index (χ0v) is 10.2. The van der Waals surface area contributed by atoms with Crippen LogP contribution in [0.4, 0.5) is 5.69 Å². The summed E-state index contributed by atoms with van der Waals surface area (Å²) in [7, 11) is -3.52. The van der Waals surface area contributed by atoms with E-state index in [1.54, 1.807) is 0 Å². The van der Waals surface area contributed by atoms with Gasteiger partial charge in [0, 0.05) is 6.04 Å². The first-order chi connectivity index (χ1) is 7.99. The van der Waals surface area contributed by atoms with Crippen molar-refractivity contribution in [2.24, 2.45) is 0 Å². The minimum atomic E-state index is -3.52. The highest BCUT2D eigenvalue weighted by Gasteiger charge is 2.23. The molecule has 17 heavy (non-hydrogen) atoms. The van der Waals surface area contributed by atoms with Gasteiger partial charge in [-0.3, -0.25) is 0 Å². The monoisotopic (exact) mass is 256 g/mol. The van der Waals surface area contributed by atoms with Crippen molar-refractivity contribution in [1.82, 2.24) is 4.72 Å². The lowest BCUT2D eigenvalue weighted by atomic mass is 10.3. The minimum Gasteiger partial charge on any atom is -0.506 e. The van der Waals surface area contributed by atoms with Gasteiger partial charge >= 0.3 is 0 Å². The summed E-state index contributed by atoms with van der Waals surface area (Å²) >= 11 is 0. The molecule has 5 nitrogen and oxygen atoms in total. The van der Waals surface area contributed by atoms with Gasteiger partial charge in [0.15, 0.2) is 0 Å². The third-order valence-corrected chi connectivity index (χ3v) is 4.50. The number of benzene rings is 1. The summed E-state index contributed by atoms with van der Waals surface area (Å²) in [5, 5.41) is 9.25. The Morgan fingerprint density at radius 1 is 1.29 bits per heavy atom. The largest absolute Gasteiger partial charge is 0.506 e. The van der Waals surface area contributed by atoms with Crippen LogP contribution in [0.3, 0.4) is 0 Å². The highest BCUT2D eigenvalue weighted by Crippen LogP contribution is 2.25. The lowest BCUT2D eigenvalue weighted by molar-refractivity contribution is 0.477. The van der Waals surface area contributed by atoms with E-state index >= 15 is 0 Å². The third kappa shape index (κ3) is 2.70. The molecule has 0 radical (unpaired) electrons. The lowest BCUT2D eigenvalue weighted by Gasteiger charge is -2.13. The highest BCUT2D eigenvalue weighted by molar-refractivity contribution is 7.89. The van der Waals surface area contributed by atoms with Crippen LogP contribution < -0.4 is 10.5 Å². The van der Waals surface area contributed by atoms with Crippen LogP contribution in [-0.4, -0.2) is 19.6 Å². The predicted molar refractivity (Wildman–Crippen MR) is 65.1 cm³/mol. The molecular formula is C11H16N2O3S. The maximum absolute atomic E-state index is 12.0. The Labute approximate surface area is 101 Å².